The van der Waals surface area contributed by atoms with Crippen molar-refractivity contribution in [2.45, 2.75) is 19.3 Å². The Morgan fingerprint density at radius 3 is 2.71 bits per heavy atom. The maximum atomic E-state index is 12.4. The Labute approximate surface area is 151 Å². The first-order chi connectivity index (χ1) is 11.6. The molecule has 1 N–H and O–H groups in total. The van der Waals surface area contributed by atoms with E-state index in [0.29, 0.717) is 28.0 Å². The van der Waals surface area contributed by atoms with Crippen molar-refractivity contribution in [3.05, 3.63) is 57.7 Å². The Morgan fingerprint density at radius 1 is 1.17 bits per heavy atom. The van der Waals surface area contributed by atoms with Crippen molar-refractivity contribution in [3.63, 3.8) is 0 Å². The van der Waals surface area contributed by atoms with Crippen LogP contribution >= 0.6 is 23.2 Å². The third-order valence-corrected chi connectivity index (χ3v) is 4.70. The SMILES string of the molecule is O=C(c1ccnc(NCCc2ccc(Cl)cc2Cl)c1)N1CCCC1. The lowest BCUT2D eigenvalue weighted by Gasteiger charge is -2.15. The first-order valence-electron chi connectivity index (χ1n) is 8.06. The van der Waals surface area contributed by atoms with Gasteiger partial charge in [0.25, 0.3) is 5.91 Å². The Kier molecular flexibility index (Phi) is 5.59. The number of carbonyl (C=O) groups is 1. The van der Waals surface area contributed by atoms with Gasteiger partial charge in [-0.25, -0.2) is 4.98 Å². The highest BCUT2D eigenvalue weighted by atomic mass is 35.5. The molecule has 1 saturated heterocycles. The van der Waals surface area contributed by atoms with Gasteiger partial charge in [0.1, 0.15) is 5.82 Å². The highest BCUT2D eigenvalue weighted by Gasteiger charge is 2.19. The lowest BCUT2D eigenvalue weighted by Crippen LogP contribution is -2.27. The van der Waals surface area contributed by atoms with Gasteiger partial charge in [-0.1, -0.05) is 29.3 Å². The lowest BCUT2D eigenvalue weighted by molar-refractivity contribution is 0.0793. The average molecular weight is 364 g/mol. The number of nitrogens with one attached hydrogen (secondary N) is 1. The van der Waals surface area contributed by atoms with Gasteiger partial charge >= 0.3 is 0 Å². The molecule has 1 amide bonds. The minimum absolute atomic E-state index is 0.0821. The van der Waals surface area contributed by atoms with Crippen molar-refractivity contribution in [1.82, 2.24) is 9.88 Å². The van der Waals surface area contributed by atoms with E-state index in [-0.39, 0.29) is 5.91 Å². The second-order valence-electron chi connectivity index (χ2n) is 5.84. The molecule has 126 valence electrons. The molecule has 0 radical (unpaired) electrons. The largest absolute Gasteiger partial charge is 0.370 e. The van der Waals surface area contributed by atoms with Gasteiger partial charge in [0.2, 0.25) is 0 Å². The summed E-state index contributed by atoms with van der Waals surface area (Å²) in [6.45, 7) is 2.37. The molecule has 0 bridgehead atoms. The van der Waals surface area contributed by atoms with Crippen LogP contribution in [0.1, 0.15) is 28.8 Å². The average Bonchev–Trinajstić information content (AvgIpc) is 3.11. The maximum Gasteiger partial charge on any atom is 0.254 e. The van der Waals surface area contributed by atoms with Crippen LogP contribution in [-0.4, -0.2) is 35.4 Å². The summed E-state index contributed by atoms with van der Waals surface area (Å²) in [5.41, 5.74) is 1.71. The molecule has 1 aromatic carbocycles. The van der Waals surface area contributed by atoms with Crippen molar-refractivity contribution < 1.29 is 4.79 Å². The number of benzene rings is 1. The summed E-state index contributed by atoms with van der Waals surface area (Å²) in [5, 5.41) is 4.54. The fourth-order valence-electron chi connectivity index (χ4n) is 2.81. The first-order valence-corrected chi connectivity index (χ1v) is 8.82. The number of rotatable bonds is 5. The summed E-state index contributed by atoms with van der Waals surface area (Å²) in [6.07, 6.45) is 4.59. The van der Waals surface area contributed by atoms with Crippen LogP contribution in [0.4, 0.5) is 5.82 Å². The van der Waals surface area contributed by atoms with E-state index >= 15 is 0 Å². The molecular formula is C18H19Cl2N3O. The summed E-state index contributed by atoms with van der Waals surface area (Å²) in [5.74, 6) is 0.781. The first kappa shape index (κ1) is 17.1. The molecule has 1 aromatic heterocycles. The molecule has 0 spiro atoms. The van der Waals surface area contributed by atoms with Gasteiger partial charge in [0, 0.05) is 41.4 Å². The smallest absolute Gasteiger partial charge is 0.254 e. The number of carbonyl (C=O) groups excluding carboxylic acids is 1. The van der Waals surface area contributed by atoms with E-state index in [1.165, 1.54) is 0 Å². The number of anilines is 1. The summed E-state index contributed by atoms with van der Waals surface area (Å²) in [7, 11) is 0. The quantitative estimate of drug-likeness (QED) is 0.861. The molecule has 0 atom stereocenters. The fraction of sp³-hybridized carbons (Fsp3) is 0.333. The molecule has 1 aliphatic rings. The van der Waals surface area contributed by atoms with Crippen LogP contribution in [0.25, 0.3) is 0 Å². The van der Waals surface area contributed by atoms with Crippen LogP contribution in [0.15, 0.2) is 36.5 Å². The van der Waals surface area contributed by atoms with Crippen molar-refractivity contribution in [1.29, 1.82) is 0 Å². The normalized spacial score (nSPS) is 14.0. The minimum atomic E-state index is 0.0821. The van der Waals surface area contributed by atoms with E-state index in [4.69, 9.17) is 23.2 Å². The van der Waals surface area contributed by atoms with Gasteiger partial charge in [-0.3, -0.25) is 4.79 Å². The number of nitrogens with zero attached hydrogens (tertiary/aromatic N) is 2. The summed E-state index contributed by atoms with van der Waals surface area (Å²) < 4.78 is 0. The van der Waals surface area contributed by atoms with Crippen LogP contribution in [0.3, 0.4) is 0 Å². The molecule has 2 aromatic rings. The van der Waals surface area contributed by atoms with E-state index in [1.54, 1.807) is 18.3 Å². The van der Waals surface area contributed by atoms with Crippen LogP contribution in [0.2, 0.25) is 10.0 Å². The number of aromatic nitrogens is 1. The van der Waals surface area contributed by atoms with E-state index in [2.05, 4.69) is 10.3 Å². The summed E-state index contributed by atoms with van der Waals surface area (Å²) >= 11 is 12.1. The molecule has 3 rings (SSSR count). The van der Waals surface area contributed by atoms with E-state index < -0.39 is 0 Å². The van der Waals surface area contributed by atoms with E-state index in [9.17, 15) is 4.79 Å². The van der Waals surface area contributed by atoms with E-state index in [1.807, 2.05) is 23.1 Å². The van der Waals surface area contributed by atoms with Crippen molar-refractivity contribution >= 4 is 34.9 Å². The third kappa shape index (κ3) is 4.19. The second-order valence-corrected chi connectivity index (χ2v) is 6.69. The molecule has 4 nitrogen and oxygen atoms in total. The van der Waals surface area contributed by atoms with Crippen LogP contribution in [0, 0.1) is 0 Å². The van der Waals surface area contributed by atoms with Crippen molar-refractivity contribution in [2.24, 2.45) is 0 Å². The highest BCUT2D eigenvalue weighted by Crippen LogP contribution is 2.21. The van der Waals surface area contributed by atoms with Gasteiger partial charge in [-0.2, -0.15) is 0 Å². The Morgan fingerprint density at radius 2 is 1.96 bits per heavy atom. The highest BCUT2D eigenvalue weighted by molar-refractivity contribution is 6.35. The third-order valence-electron chi connectivity index (χ3n) is 4.12. The standard InChI is InChI=1S/C18H19Cl2N3O/c19-15-4-3-13(16(20)12-15)5-7-21-17-11-14(6-8-22-17)18(24)23-9-1-2-10-23/h3-4,6,8,11-12H,1-2,5,7,9-10H2,(H,21,22). The molecule has 24 heavy (non-hydrogen) atoms. The zero-order valence-electron chi connectivity index (χ0n) is 13.3. The molecule has 6 heteroatoms. The molecule has 2 heterocycles. The zero-order chi connectivity index (χ0) is 16.9. The van der Waals surface area contributed by atoms with Gasteiger partial charge < -0.3 is 10.2 Å². The number of pyridine rings is 1. The van der Waals surface area contributed by atoms with Crippen LogP contribution in [0.5, 0.6) is 0 Å². The molecule has 0 saturated carbocycles. The zero-order valence-corrected chi connectivity index (χ0v) is 14.8. The molecule has 1 aliphatic heterocycles. The van der Waals surface area contributed by atoms with Crippen LogP contribution in [-0.2, 0) is 6.42 Å². The molecule has 1 fully saturated rings. The topological polar surface area (TPSA) is 45.2 Å². The van der Waals surface area contributed by atoms with Gasteiger partial charge in [-0.05, 0) is 49.1 Å². The van der Waals surface area contributed by atoms with Gasteiger partial charge in [0.05, 0.1) is 0 Å². The Bertz CT molecular complexity index is 730. The molecule has 0 aliphatic carbocycles. The maximum absolute atomic E-state index is 12.4. The second kappa shape index (κ2) is 7.86. The summed E-state index contributed by atoms with van der Waals surface area (Å²) in [6, 6.07) is 9.07. The lowest BCUT2D eigenvalue weighted by atomic mass is 10.1. The van der Waals surface area contributed by atoms with Crippen LogP contribution < -0.4 is 5.32 Å². The monoisotopic (exact) mass is 363 g/mol. The van der Waals surface area contributed by atoms with Gasteiger partial charge in [-0.15, -0.1) is 0 Å². The fourth-order valence-corrected chi connectivity index (χ4v) is 3.32. The van der Waals surface area contributed by atoms with Crippen molar-refractivity contribution in [3.8, 4) is 0 Å². The van der Waals surface area contributed by atoms with Crippen molar-refractivity contribution in [2.75, 3.05) is 25.0 Å². The number of hydrogen-bond donors (Lipinski definition) is 1. The number of likely N-dealkylation sites (tertiary alicyclic amines) is 1. The minimum Gasteiger partial charge on any atom is -0.370 e. The molecular weight excluding hydrogens is 345 g/mol. The van der Waals surface area contributed by atoms with Gasteiger partial charge in [0.15, 0.2) is 0 Å². The van der Waals surface area contributed by atoms with E-state index in [0.717, 1.165) is 37.9 Å². The predicted octanol–water partition coefficient (Wildman–Crippen LogP) is 4.28. The number of halogens is 2. The molecule has 0 unspecified atom stereocenters. The summed E-state index contributed by atoms with van der Waals surface area (Å²) in [4.78, 5) is 18.6. The Balaban J connectivity index is 1.59. The predicted molar refractivity (Wildman–Crippen MR) is 98.0 cm³/mol. The number of amides is 1. The number of hydrogen-bond acceptors (Lipinski definition) is 3. The Hall–Kier alpha value is -1.78.